The first-order valence-electron chi connectivity index (χ1n) is 10.8. The van der Waals surface area contributed by atoms with E-state index in [1.54, 1.807) is 7.11 Å². The van der Waals surface area contributed by atoms with Crippen LogP contribution in [-0.2, 0) is 20.8 Å². The summed E-state index contributed by atoms with van der Waals surface area (Å²) >= 11 is 0. The van der Waals surface area contributed by atoms with E-state index in [1.807, 2.05) is 0 Å². The molecule has 2 aromatic carbocycles. The van der Waals surface area contributed by atoms with Gasteiger partial charge in [-0.1, -0.05) is 30.3 Å². The molecule has 0 unspecified atom stereocenters. The lowest BCUT2D eigenvalue weighted by molar-refractivity contribution is -0.126. The first kappa shape index (κ1) is 21.1. The lowest BCUT2D eigenvalue weighted by atomic mass is 9.88. The fourth-order valence-corrected chi connectivity index (χ4v) is 4.83. The lowest BCUT2D eigenvalue weighted by Crippen LogP contribution is -2.45. The fraction of sp³-hybridized carbons (Fsp3) is 0.542. The van der Waals surface area contributed by atoms with Crippen LogP contribution in [0.5, 0.6) is 5.75 Å². The SMILES string of the molecule is COCC(=O)NC[C@H]1CCC2(CCN(Cc3ccc(OC)c4ccccc34)CC2)O1. The van der Waals surface area contributed by atoms with Gasteiger partial charge in [0.05, 0.1) is 18.8 Å². The summed E-state index contributed by atoms with van der Waals surface area (Å²) in [5.41, 5.74) is 1.32. The molecule has 0 aliphatic carbocycles. The molecule has 2 aromatic rings. The molecule has 1 amide bonds. The summed E-state index contributed by atoms with van der Waals surface area (Å²) in [4.78, 5) is 14.1. The monoisotopic (exact) mass is 412 g/mol. The number of carbonyl (C=O) groups is 1. The molecule has 6 nitrogen and oxygen atoms in total. The maximum Gasteiger partial charge on any atom is 0.246 e. The number of methoxy groups -OCH3 is 2. The number of benzene rings is 2. The van der Waals surface area contributed by atoms with Crippen LogP contribution in [0.2, 0.25) is 0 Å². The number of hydrogen-bond donors (Lipinski definition) is 1. The molecule has 2 aliphatic rings. The number of nitrogens with one attached hydrogen (secondary N) is 1. The van der Waals surface area contributed by atoms with Crippen molar-refractivity contribution in [2.24, 2.45) is 0 Å². The summed E-state index contributed by atoms with van der Waals surface area (Å²) in [5, 5.41) is 5.34. The summed E-state index contributed by atoms with van der Waals surface area (Å²) in [6.07, 6.45) is 4.30. The fourth-order valence-electron chi connectivity index (χ4n) is 4.83. The Morgan fingerprint density at radius 2 is 1.90 bits per heavy atom. The summed E-state index contributed by atoms with van der Waals surface area (Å²) < 4.78 is 16.8. The Labute approximate surface area is 178 Å². The quantitative estimate of drug-likeness (QED) is 0.757. The van der Waals surface area contributed by atoms with Crippen molar-refractivity contribution >= 4 is 16.7 Å². The third-order valence-corrected chi connectivity index (χ3v) is 6.50. The lowest BCUT2D eigenvalue weighted by Gasteiger charge is -2.39. The Morgan fingerprint density at radius 3 is 2.63 bits per heavy atom. The molecule has 2 fully saturated rings. The van der Waals surface area contributed by atoms with Crippen LogP contribution in [0.4, 0.5) is 0 Å². The van der Waals surface area contributed by atoms with E-state index >= 15 is 0 Å². The van der Waals surface area contributed by atoms with Crippen LogP contribution in [0.25, 0.3) is 10.8 Å². The van der Waals surface area contributed by atoms with E-state index < -0.39 is 0 Å². The number of nitrogens with zero attached hydrogens (tertiary/aromatic N) is 1. The molecule has 0 aromatic heterocycles. The molecule has 0 bridgehead atoms. The van der Waals surface area contributed by atoms with Crippen molar-refractivity contribution in [2.75, 3.05) is 40.5 Å². The van der Waals surface area contributed by atoms with Crippen LogP contribution in [0, 0.1) is 0 Å². The van der Waals surface area contributed by atoms with Gasteiger partial charge in [0, 0.05) is 38.7 Å². The summed E-state index contributed by atoms with van der Waals surface area (Å²) in [6.45, 7) is 3.68. The predicted octanol–water partition coefficient (Wildman–Crippen LogP) is 3.12. The molecule has 162 valence electrons. The molecule has 2 aliphatic heterocycles. The molecule has 0 saturated carbocycles. The molecule has 2 heterocycles. The van der Waals surface area contributed by atoms with Gasteiger partial charge in [0.2, 0.25) is 5.91 Å². The van der Waals surface area contributed by atoms with Crippen molar-refractivity contribution in [1.29, 1.82) is 0 Å². The highest BCUT2D eigenvalue weighted by atomic mass is 16.5. The summed E-state index contributed by atoms with van der Waals surface area (Å²) in [6, 6.07) is 12.7. The Bertz CT molecular complexity index is 877. The van der Waals surface area contributed by atoms with Gasteiger partial charge in [0.1, 0.15) is 12.4 Å². The maximum atomic E-state index is 11.6. The normalized spacial score (nSPS) is 21.2. The zero-order chi connectivity index (χ0) is 21.0. The second kappa shape index (κ2) is 9.33. The standard InChI is InChI=1S/C24H32N2O4/c1-28-17-23(27)25-15-19-9-10-24(30-19)11-13-26(14-12-24)16-18-7-8-22(29-2)21-6-4-3-5-20(18)21/h3-8,19H,9-17H2,1-2H3,(H,25,27)/t19-/m1/s1. The number of hydrogen-bond acceptors (Lipinski definition) is 5. The molecule has 1 spiro atoms. The van der Waals surface area contributed by atoms with Crippen molar-refractivity contribution in [3.05, 3.63) is 42.0 Å². The van der Waals surface area contributed by atoms with Crippen molar-refractivity contribution in [3.63, 3.8) is 0 Å². The Hall–Kier alpha value is -2.15. The number of fused-ring (bicyclic) bond motifs is 1. The molecular weight excluding hydrogens is 380 g/mol. The number of carbonyl (C=O) groups excluding carboxylic acids is 1. The van der Waals surface area contributed by atoms with Gasteiger partial charge in [-0.05, 0) is 42.7 Å². The largest absolute Gasteiger partial charge is 0.496 e. The highest BCUT2D eigenvalue weighted by Gasteiger charge is 2.42. The average Bonchev–Trinajstić information content (AvgIpc) is 3.17. The molecule has 1 atom stereocenters. The minimum atomic E-state index is -0.0800. The van der Waals surface area contributed by atoms with E-state index in [2.05, 4.69) is 46.6 Å². The van der Waals surface area contributed by atoms with E-state index in [9.17, 15) is 4.79 Å². The third-order valence-electron chi connectivity index (χ3n) is 6.50. The molecular formula is C24H32N2O4. The Kier molecular flexibility index (Phi) is 6.56. The van der Waals surface area contributed by atoms with Gasteiger partial charge in [-0.2, -0.15) is 0 Å². The number of rotatable bonds is 7. The van der Waals surface area contributed by atoms with Crippen molar-refractivity contribution in [1.82, 2.24) is 10.2 Å². The van der Waals surface area contributed by atoms with E-state index in [0.717, 1.165) is 51.1 Å². The van der Waals surface area contributed by atoms with Gasteiger partial charge >= 0.3 is 0 Å². The van der Waals surface area contributed by atoms with Crippen molar-refractivity contribution in [2.45, 2.75) is 43.9 Å². The van der Waals surface area contributed by atoms with Gasteiger partial charge in [0.25, 0.3) is 0 Å². The first-order chi connectivity index (χ1) is 14.6. The van der Waals surface area contributed by atoms with Crippen LogP contribution >= 0.6 is 0 Å². The Balaban J connectivity index is 1.33. The van der Waals surface area contributed by atoms with Crippen LogP contribution in [0.1, 0.15) is 31.2 Å². The van der Waals surface area contributed by atoms with E-state index in [0.29, 0.717) is 6.54 Å². The number of amides is 1. The second-order valence-corrected chi connectivity index (χ2v) is 8.45. The van der Waals surface area contributed by atoms with Gasteiger partial charge in [-0.25, -0.2) is 0 Å². The smallest absolute Gasteiger partial charge is 0.246 e. The summed E-state index contributed by atoms with van der Waals surface area (Å²) in [5.74, 6) is 0.846. The zero-order valence-electron chi connectivity index (χ0n) is 18.0. The van der Waals surface area contributed by atoms with Crippen LogP contribution in [-0.4, -0.2) is 63.0 Å². The van der Waals surface area contributed by atoms with Gasteiger partial charge in [-0.15, -0.1) is 0 Å². The molecule has 6 heteroatoms. The number of likely N-dealkylation sites (tertiary alicyclic amines) is 1. The van der Waals surface area contributed by atoms with Crippen molar-refractivity contribution in [3.8, 4) is 5.75 Å². The van der Waals surface area contributed by atoms with Gasteiger partial charge in [-0.3, -0.25) is 9.69 Å². The predicted molar refractivity (Wildman–Crippen MR) is 117 cm³/mol. The highest BCUT2D eigenvalue weighted by molar-refractivity contribution is 5.91. The molecule has 0 radical (unpaired) electrons. The minimum Gasteiger partial charge on any atom is -0.496 e. The average molecular weight is 413 g/mol. The topological polar surface area (TPSA) is 60.0 Å². The maximum absolute atomic E-state index is 11.6. The van der Waals surface area contributed by atoms with E-state index in [4.69, 9.17) is 14.2 Å². The van der Waals surface area contributed by atoms with Crippen LogP contribution in [0.3, 0.4) is 0 Å². The first-order valence-corrected chi connectivity index (χ1v) is 10.8. The number of ether oxygens (including phenoxy) is 3. The second-order valence-electron chi connectivity index (χ2n) is 8.45. The van der Waals surface area contributed by atoms with E-state index in [1.165, 1.54) is 23.4 Å². The van der Waals surface area contributed by atoms with Gasteiger partial charge < -0.3 is 19.5 Å². The van der Waals surface area contributed by atoms with Crippen LogP contribution in [0.15, 0.2) is 36.4 Å². The molecule has 1 N–H and O–H groups in total. The van der Waals surface area contributed by atoms with Gasteiger partial charge in [0.15, 0.2) is 0 Å². The molecule has 4 rings (SSSR count). The molecule has 30 heavy (non-hydrogen) atoms. The highest BCUT2D eigenvalue weighted by Crippen LogP contribution is 2.39. The third kappa shape index (κ3) is 4.61. The van der Waals surface area contributed by atoms with Crippen molar-refractivity contribution < 1.29 is 19.0 Å². The number of piperidine rings is 1. The minimum absolute atomic E-state index is 0.0187. The summed E-state index contributed by atoms with van der Waals surface area (Å²) in [7, 11) is 3.26. The zero-order valence-corrected chi connectivity index (χ0v) is 18.0. The van der Waals surface area contributed by atoms with Crippen LogP contribution < -0.4 is 10.1 Å². The Morgan fingerprint density at radius 1 is 1.13 bits per heavy atom. The molecule has 2 saturated heterocycles. The van der Waals surface area contributed by atoms with E-state index in [-0.39, 0.29) is 24.2 Å².